The van der Waals surface area contributed by atoms with Crippen molar-refractivity contribution in [3.63, 3.8) is 0 Å². The molecule has 66 valence electrons. The lowest BCUT2D eigenvalue weighted by atomic mass is 10.0. The molecule has 1 aliphatic rings. The van der Waals surface area contributed by atoms with Crippen LogP contribution in [0, 0.1) is 11.3 Å². The molecule has 0 radical (unpaired) electrons. The van der Waals surface area contributed by atoms with Gasteiger partial charge in [0, 0.05) is 18.7 Å². The zero-order chi connectivity index (χ0) is 8.81. The molecule has 0 aromatic carbocycles. The Morgan fingerprint density at radius 1 is 1.58 bits per heavy atom. The fourth-order valence-electron chi connectivity index (χ4n) is 1.67. The molecule has 1 heterocycles. The SMILES string of the molecule is CC1CCCCN1C/C=C/C#N. The van der Waals surface area contributed by atoms with Crippen LogP contribution < -0.4 is 0 Å². The van der Waals surface area contributed by atoms with Gasteiger partial charge in [0.2, 0.25) is 0 Å². The molecule has 0 spiro atoms. The van der Waals surface area contributed by atoms with Crippen LogP contribution in [0.2, 0.25) is 0 Å². The van der Waals surface area contributed by atoms with Crippen molar-refractivity contribution in [3.8, 4) is 6.07 Å². The standard InChI is InChI=1S/C10H16N2/c1-10-6-2-4-8-12(10)9-5-3-7-11/h3,5,10H,2,4,6,8-9H2,1H3/b5-3+. The molecule has 0 aliphatic carbocycles. The van der Waals surface area contributed by atoms with E-state index in [0.717, 1.165) is 6.54 Å². The summed E-state index contributed by atoms with van der Waals surface area (Å²) in [5, 5.41) is 8.31. The van der Waals surface area contributed by atoms with E-state index in [0.29, 0.717) is 6.04 Å². The molecule has 0 bridgehead atoms. The first-order valence-corrected chi connectivity index (χ1v) is 4.63. The van der Waals surface area contributed by atoms with E-state index in [1.807, 2.05) is 12.1 Å². The predicted molar refractivity (Wildman–Crippen MR) is 49.6 cm³/mol. The minimum atomic E-state index is 0.696. The number of hydrogen-bond acceptors (Lipinski definition) is 2. The Balaban J connectivity index is 2.30. The first-order chi connectivity index (χ1) is 5.84. The van der Waals surface area contributed by atoms with Crippen LogP contribution in [0.3, 0.4) is 0 Å². The molecule has 2 heteroatoms. The van der Waals surface area contributed by atoms with Gasteiger partial charge in [0.25, 0.3) is 0 Å². The summed E-state index contributed by atoms with van der Waals surface area (Å²) in [6.45, 7) is 4.39. The summed E-state index contributed by atoms with van der Waals surface area (Å²) < 4.78 is 0. The number of likely N-dealkylation sites (tertiary alicyclic amines) is 1. The Morgan fingerprint density at radius 2 is 2.42 bits per heavy atom. The van der Waals surface area contributed by atoms with Gasteiger partial charge < -0.3 is 0 Å². The van der Waals surface area contributed by atoms with Gasteiger partial charge in [-0.2, -0.15) is 5.26 Å². The Labute approximate surface area is 74.5 Å². The van der Waals surface area contributed by atoms with Gasteiger partial charge in [-0.15, -0.1) is 0 Å². The number of nitrogens with zero attached hydrogens (tertiary/aromatic N) is 2. The van der Waals surface area contributed by atoms with E-state index in [4.69, 9.17) is 5.26 Å². The minimum Gasteiger partial charge on any atom is -0.297 e. The monoisotopic (exact) mass is 164 g/mol. The Kier molecular flexibility index (Phi) is 3.83. The Bertz CT molecular complexity index is 191. The van der Waals surface area contributed by atoms with Gasteiger partial charge in [-0.1, -0.05) is 12.5 Å². The molecular formula is C10H16N2. The topological polar surface area (TPSA) is 27.0 Å². The molecule has 0 aromatic rings. The number of piperidine rings is 1. The van der Waals surface area contributed by atoms with Gasteiger partial charge in [0.1, 0.15) is 0 Å². The first kappa shape index (κ1) is 9.28. The highest BCUT2D eigenvalue weighted by Crippen LogP contribution is 2.15. The van der Waals surface area contributed by atoms with Gasteiger partial charge in [-0.05, 0) is 26.3 Å². The highest BCUT2D eigenvalue weighted by Gasteiger charge is 2.15. The van der Waals surface area contributed by atoms with E-state index in [9.17, 15) is 0 Å². The van der Waals surface area contributed by atoms with Crippen molar-refractivity contribution < 1.29 is 0 Å². The van der Waals surface area contributed by atoms with Gasteiger partial charge >= 0.3 is 0 Å². The lowest BCUT2D eigenvalue weighted by Gasteiger charge is -2.32. The molecule has 12 heavy (non-hydrogen) atoms. The normalized spacial score (nSPS) is 25.8. The average Bonchev–Trinajstić information content (AvgIpc) is 2.09. The van der Waals surface area contributed by atoms with E-state index >= 15 is 0 Å². The maximum absolute atomic E-state index is 8.31. The number of rotatable bonds is 2. The molecule has 1 rings (SSSR count). The summed E-state index contributed by atoms with van der Waals surface area (Å²) in [6.07, 6.45) is 7.49. The van der Waals surface area contributed by atoms with E-state index in [1.165, 1.54) is 25.8 Å². The maximum atomic E-state index is 8.31. The van der Waals surface area contributed by atoms with Crippen LogP contribution in [-0.4, -0.2) is 24.0 Å². The fourth-order valence-corrected chi connectivity index (χ4v) is 1.67. The number of allylic oxidation sites excluding steroid dienone is 1. The molecule has 0 amide bonds. The highest BCUT2D eigenvalue weighted by molar-refractivity contribution is 5.02. The minimum absolute atomic E-state index is 0.696. The van der Waals surface area contributed by atoms with Crippen LogP contribution in [0.15, 0.2) is 12.2 Å². The highest BCUT2D eigenvalue weighted by atomic mass is 15.1. The van der Waals surface area contributed by atoms with Crippen molar-refractivity contribution in [2.75, 3.05) is 13.1 Å². The third-order valence-corrected chi connectivity index (χ3v) is 2.47. The second-order valence-electron chi connectivity index (χ2n) is 3.37. The molecular weight excluding hydrogens is 148 g/mol. The van der Waals surface area contributed by atoms with Crippen molar-refractivity contribution >= 4 is 0 Å². The van der Waals surface area contributed by atoms with E-state index in [1.54, 1.807) is 6.08 Å². The zero-order valence-corrected chi connectivity index (χ0v) is 7.66. The lowest BCUT2D eigenvalue weighted by molar-refractivity contribution is 0.179. The lowest BCUT2D eigenvalue weighted by Crippen LogP contribution is -2.37. The summed E-state index contributed by atoms with van der Waals surface area (Å²) in [5.74, 6) is 0. The number of hydrogen-bond donors (Lipinski definition) is 0. The first-order valence-electron chi connectivity index (χ1n) is 4.63. The van der Waals surface area contributed by atoms with Crippen molar-refractivity contribution in [1.82, 2.24) is 4.90 Å². The van der Waals surface area contributed by atoms with Gasteiger partial charge in [0.05, 0.1) is 6.07 Å². The Hall–Kier alpha value is -0.810. The second kappa shape index (κ2) is 4.95. The van der Waals surface area contributed by atoms with Crippen LogP contribution in [0.4, 0.5) is 0 Å². The van der Waals surface area contributed by atoms with E-state index in [-0.39, 0.29) is 0 Å². The van der Waals surface area contributed by atoms with Crippen molar-refractivity contribution in [1.29, 1.82) is 5.26 Å². The molecule has 0 N–H and O–H groups in total. The van der Waals surface area contributed by atoms with Crippen molar-refractivity contribution in [3.05, 3.63) is 12.2 Å². The molecule has 1 unspecified atom stereocenters. The van der Waals surface area contributed by atoms with Crippen LogP contribution in [0.1, 0.15) is 26.2 Å². The summed E-state index contributed by atoms with van der Waals surface area (Å²) in [6, 6.07) is 2.71. The molecule has 1 saturated heterocycles. The van der Waals surface area contributed by atoms with Crippen LogP contribution >= 0.6 is 0 Å². The quantitative estimate of drug-likeness (QED) is 0.583. The summed E-state index contributed by atoms with van der Waals surface area (Å²) in [5.41, 5.74) is 0. The molecule has 2 nitrogen and oxygen atoms in total. The second-order valence-corrected chi connectivity index (χ2v) is 3.37. The van der Waals surface area contributed by atoms with Gasteiger partial charge in [0.15, 0.2) is 0 Å². The summed E-state index contributed by atoms with van der Waals surface area (Å²) >= 11 is 0. The van der Waals surface area contributed by atoms with Crippen LogP contribution in [-0.2, 0) is 0 Å². The molecule has 1 atom stereocenters. The van der Waals surface area contributed by atoms with E-state index < -0.39 is 0 Å². The predicted octanol–water partition coefficient (Wildman–Crippen LogP) is 1.94. The average molecular weight is 164 g/mol. The van der Waals surface area contributed by atoms with Crippen molar-refractivity contribution in [2.24, 2.45) is 0 Å². The fraction of sp³-hybridized carbons (Fsp3) is 0.700. The molecule has 0 saturated carbocycles. The third kappa shape index (κ3) is 2.67. The molecule has 0 aromatic heterocycles. The van der Waals surface area contributed by atoms with Crippen LogP contribution in [0.25, 0.3) is 0 Å². The molecule has 1 fully saturated rings. The van der Waals surface area contributed by atoms with Gasteiger partial charge in [-0.25, -0.2) is 0 Å². The largest absolute Gasteiger partial charge is 0.297 e. The van der Waals surface area contributed by atoms with Crippen molar-refractivity contribution in [2.45, 2.75) is 32.2 Å². The number of nitriles is 1. The summed E-state index contributed by atoms with van der Waals surface area (Å²) in [4.78, 5) is 2.43. The smallest absolute Gasteiger partial charge is 0.0909 e. The van der Waals surface area contributed by atoms with Crippen LogP contribution in [0.5, 0.6) is 0 Å². The zero-order valence-electron chi connectivity index (χ0n) is 7.66. The Morgan fingerprint density at radius 3 is 3.08 bits per heavy atom. The van der Waals surface area contributed by atoms with E-state index in [2.05, 4.69) is 11.8 Å². The third-order valence-electron chi connectivity index (χ3n) is 2.47. The van der Waals surface area contributed by atoms with Gasteiger partial charge in [-0.3, -0.25) is 4.90 Å². The molecule has 1 aliphatic heterocycles. The summed E-state index contributed by atoms with van der Waals surface area (Å²) in [7, 11) is 0. The maximum Gasteiger partial charge on any atom is 0.0909 e.